The summed E-state index contributed by atoms with van der Waals surface area (Å²) in [6, 6.07) is 0. The first-order valence-electron chi connectivity index (χ1n) is 4.00. The third kappa shape index (κ3) is 3.99. The molecule has 4 nitrogen and oxygen atoms in total. The standard InChI is InChI=1S/C8H12N2O2S2/c1-7(2)6-14(11,12)10-5-8-9-3-4-13-8/h3-4,10H,1,5-6H2,2H3. The molecule has 0 fully saturated rings. The average molecular weight is 232 g/mol. The molecule has 0 aliphatic carbocycles. The lowest BCUT2D eigenvalue weighted by Crippen LogP contribution is -2.26. The van der Waals surface area contributed by atoms with Crippen molar-refractivity contribution in [2.75, 3.05) is 5.75 Å². The van der Waals surface area contributed by atoms with Crippen LogP contribution in [-0.4, -0.2) is 19.2 Å². The first-order chi connectivity index (χ1) is 6.49. The number of rotatable bonds is 5. The molecule has 0 aromatic carbocycles. The molecule has 1 aromatic heterocycles. The van der Waals surface area contributed by atoms with Gasteiger partial charge in [0.25, 0.3) is 0 Å². The number of nitrogens with zero attached hydrogens (tertiary/aromatic N) is 1. The van der Waals surface area contributed by atoms with Crippen molar-refractivity contribution >= 4 is 21.4 Å². The Hall–Kier alpha value is -0.720. The van der Waals surface area contributed by atoms with Gasteiger partial charge in [0, 0.05) is 11.6 Å². The molecule has 0 radical (unpaired) electrons. The second kappa shape index (κ2) is 4.68. The van der Waals surface area contributed by atoms with Gasteiger partial charge < -0.3 is 0 Å². The molecule has 1 heterocycles. The normalized spacial score (nSPS) is 11.5. The number of thiazole rings is 1. The molecule has 78 valence electrons. The fourth-order valence-corrected chi connectivity index (χ4v) is 2.64. The molecule has 1 aromatic rings. The molecule has 14 heavy (non-hydrogen) atoms. The lowest BCUT2D eigenvalue weighted by molar-refractivity contribution is 0.583. The zero-order valence-corrected chi connectivity index (χ0v) is 9.49. The Morgan fingerprint density at radius 2 is 2.43 bits per heavy atom. The fourth-order valence-electron chi connectivity index (χ4n) is 0.887. The van der Waals surface area contributed by atoms with Crippen LogP contribution in [0.25, 0.3) is 0 Å². The molecule has 6 heteroatoms. The Morgan fingerprint density at radius 3 is 2.93 bits per heavy atom. The van der Waals surface area contributed by atoms with Gasteiger partial charge in [-0.15, -0.1) is 11.3 Å². The Morgan fingerprint density at radius 1 is 1.71 bits per heavy atom. The fraction of sp³-hybridized carbons (Fsp3) is 0.375. The third-order valence-corrected chi connectivity index (χ3v) is 3.60. The lowest BCUT2D eigenvalue weighted by atomic mass is 10.4. The maximum absolute atomic E-state index is 11.3. The van der Waals surface area contributed by atoms with Gasteiger partial charge in [-0.2, -0.15) is 0 Å². The van der Waals surface area contributed by atoms with Gasteiger partial charge in [0.05, 0.1) is 12.3 Å². The monoisotopic (exact) mass is 232 g/mol. The van der Waals surface area contributed by atoms with E-state index < -0.39 is 10.0 Å². The van der Waals surface area contributed by atoms with Crippen molar-refractivity contribution in [1.29, 1.82) is 0 Å². The van der Waals surface area contributed by atoms with Crippen molar-refractivity contribution in [1.82, 2.24) is 9.71 Å². The van der Waals surface area contributed by atoms with Crippen LogP contribution in [0.2, 0.25) is 0 Å². The SMILES string of the molecule is C=C(C)CS(=O)(=O)NCc1nccs1. The van der Waals surface area contributed by atoms with Crippen LogP contribution in [-0.2, 0) is 16.6 Å². The van der Waals surface area contributed by atoms with E-state index in [1.165, 1.54) is 11.3 Å². The summed E-state index contributed by atoms with van der Waals surface area (Å²) in [4.78, 5) is 3.97. The smallest absolute Gasteiger partial charge is 0.215 e. The Balaban J connectivity index is 2.49. The van der Waals surface area contributed by atoms with E-state index in [2.05, 4.69) is 16.3 Å². The van der Waals surface area contributed by atoms with Crippen molar-refractivity contribution in [3.8, 4) is 0 Å². The van der Waals surface area contributed by atoms with Gasteiger partial charge in [0.15, 0.2) is 0 Å². The van der Waals surface area contributed by atoms with Crippen LogP contribution in [0.3, 0.4) is 0 Å². The highest BCUT2D eigenvalue weighted by atomic mass is 32.2. The van der Waals surface area contributed by atoms with Crippen molar-refractivity contribution < 1.29 is 8.42 Å². The minimum Gasteiger partial charge on any atom is -0.248 e. The van der Waals surface area contributed by atoms with Crippen LogP contribution in [0, 0.1) is 0 Å². The van der Waals surface area contributed by atoms with Crippen LogP contribution in [0.15, 0.2) is 23.7 Å². The molecule has 0 aliphatic heterocycles. The average Bonchev–Trinajstić information content (AvgIpc) is 2.50. The highest BCUT2D eigenvalue weighted by Crippen LogP contribution is 2.04. The second-order valence-electron chi connectivity index (χ2n) is 2.96. The minimum absolute atomic E-state index is 0.0294. The summed E-state index contributed by atoms with van der Waals surface area (Å²) < 4.78 is 25.1. The van der Waals surface area contributed by atoms with Crippen molar-refractivity contribution in [3.63, 3.8) is 0 Å². The van der Waals surface area contributed by atoms with E-state index in [1.54, 1.807) is 13.1 Å². The van der Waals surface area contributed by atoms with Crippen LogP contribution in [0.4, 0.5) is 0 Å². The maximum atomic E-state index is 11.3. The summed E-state index contributed by atoms with van der Waals surface area (Å²) in [5, 5.41) is 2.57. The van der Waals surface area contributed by atoms with Crippen LogP contribution in [0.1, 0.15) is 11.9 Å². The molecule has 0 spiro atoms. The molecule has 0 bridgehead atoms. The summed E-state index contributed by atoms with van der Waals surface area (Å²) in [6.07, 6.45) is 1.65. The second-order valence-corrected chi connectivity index (χ2v) is 5.75. The predicted octanol–water partition coefficient (Wildman–Crippen LogP) is 1.14. The Labute approximate surface area is 87.7 Å². The largest absolute Gasteiger partial charge is 0.248 e. The first kappa shape index (κ1) is 11.4. The van der Waals surface area contributed by atoms with Gasteiger partial charge in [0.1, 0.15) is 5.01 Å². The van der Waals surface area contributed by atoms with E-state index in [9.17, 15) is 8.42 Å². The molecule has 0 saturated heterocycles. The highest BCUT2D eigenvalue weighted by Gasteiger charge is 2.10. The van der Waals surface area contributed by atoms with Gasteiger partial charge >= 0.3 is 0 Å². The number of nitrogens with one attached hydrogen (secondary N) is 1. The van der Waals surface area contributed by atoms with Crippen molar-refractivity contribution in [2.24, 2.45) is 0 Å². The topological polar surface area (TPSA) is 59.1 Å². The summed E-state index contributed by atoms with van der Waals surface area (Å²) in [5.41, 5.74) is 0.622. The quantitative estimate of drug-likeness (QED) is 0.774. The number of hydrogen-bond donors (Lipinski definition) is 1. The molecule has 0 aliphatic rings. The number of aromatic nitrogens is 1. The summed E-state index contributed by atoms with van der Waals surface area (Å²) >= 11 is 1.42. The van der Waals surface area contributed by atoms with E-state index in [0.29, 0.717) is 5.57 Å². The van der Waals surface area contributed by atoms with E-state index in [4.69, 9.17) is 0 Å². The molecule has 1 rings (SSSR count). The lowest BCUT2D eigenvalue weighted by Gasteiger charge is -2.03. The van der Waals surface area contributed by atoms with E-state index >= 15 is 0 Å². The van der Waals surface area contributed by atoms with Gasteiger partial charge in [-0.1, -0.05) is 12.2 Å². The molecule has 0 atom stereocenters. The summed E-state index contributed by atoms with van der Waals surface area (Å²) in [5.74, 6) is -0.0294. The first-order valence-corrected chi connectivity index (χ1v) is 6.53. The number of sulfonamides is 1. The predicted molar refractivity (Wildman–Crippen MR) is 57.6 cm³/mol. The maximum Gasteiger partial charge on any atom is 0.215 e. The van der Waals surface area contributed by atoms with Gasteiger partial charge in [-0.3, -0.25) is 0 Å². The van der Waals surface area contributed by atoms with Crippen molar-refractivity contribution in [3.05, 3.63) is 28.7 Å². The van der Waals surface area contributed by atoms with Crippen LogP contribution in [0.5, 0.6) is 0 Å². The molecular formula is C8H12N2O2S2. The Kier molecular flexibility index (Phi) is 3.79. The minimum atomic E-state index is -3.24. The van der Waals surface area contributed by atoms with E-state index in [0.717, 1.165) is 5.01 Å². The molecule has 1 N–H and O–H groups in total. The van der Waals surface area contributed by atoms with Gasteiger partial charge in [-0.25, -0.2) is 18.1 Å². The summed E-state index contributed by atoms with van der Waals surface area (Å²) in [7, 11) is -3.24. The zero-order valence-electron chi connectivity index (χ0n) is 7.86. The van der Waals surface area contributed by atoms with Gasteiger partial charge in [-0.05, 0) is 6.92 Å². The molecule has 0 amide bonds. The Bertz CT molecular complexity index is 395. The third-order valence-electron chi connectivity index (χ3n) is 1.36. The molecular weight excluding hydrogens is 220 g/mol. The van der Waals surface area contributed by atoms with Crippen molar-refractivity contribution in [2.45, 2.75) is 13.5 Å². The zero-order chi connectivity index (χ0) is 10.6. The summed E-state index contributed by atoms with van der Waals surface area (Å²) in [6.45, 7) is 5.49. The van der Waals surface area contributed by atoms with Crippen LogP contribution >= 0.6 is 11.3 Å². The molecule has 0 unspecified atom stereocenters. The van der Waals surface area contributed by atoms with Gasteiger partial charge in [0.2, 0.25) is 10.0 Å². The molecule has 0 saturated carbocycles. The number of hydrogen-bond acceptors (Lipinski definition) is 4. The van der Waals surface area contributed by atoms with Crippen LogP contribution < -0.4 is 4.72 Å². The van der Waals surface area contributed by atoms with E-state index in [1.807, 2.05) is 5.38 Å². The highest BCUT2D eigenvalue weighted by molar-refractivity contribution is 7.89. The van der Waals surface area contributed by atoms with E-state index in [-0.39, 0.29) is 12.3 Å².